The van der Waals surface area contributed by atoms with Gasteiger partial charge in [0.2, 0.25) is 5.75 Å². The molecule has 9 N–H and O–H groups in total. The Morgan fingerprint density at radius 1 is 0.651 bits per heavy atom. The molecule has 0 bridgehead atoms. The molecule has 4 aromatic carbocycles. The van der Waals surface area contributed by atoms with Crippen molar-refractivity contribution >= 4 is 0 Å². The van der Waals surface area contributed by atoms with E-state index >= 15 is 0 Å². The third-order valence-corrected chi connectivity index (χ3v) is 7.84. The van der Waals surface area contributed by atoms with Crippen molar-refractivity contribution in [3.8, 4) is 57.5 Å². The summed E-state index contributed by atoms with van der Waals surface area (Å²) in [5.74, 6) is -4.16. The SMILES string of the molecule is COc1c(O)cc([C@H]2Oc3c(c(O)cc(O)c3[C@H]3c4c(O)cc(O)cc4O[C@H](c4ccc(O)cc4)[C@@H]3O)C[C@H]2O)cc1O. The van der Waals surface area contributed by atoms with Crippen molar-refractivity contribution in [3.05, 3.63) is 82.4 Å². The lowest BCUT2D eigenvalue weighted by Gasteiger charge is -2.40. The van der Waals surface area contributed by atoms with Crippen LogP contribution in [-0.2, 0) is 6.42 Å². The van der Waals surface area contributed by atoms with E-state index in [-0.39, 0.29) is 57.4 Å². The molecule has 0 spiro atoms. The van der Waals surface area contributed by atoms with E-state index in [4.69, 9.17) is 14.2 Å². The fourth-order valence-electron chi connectivity index (χ4n) is 5.93. The Kier molecular flexibility index (Phi) is 6.67. The van der Waals surface area contributed by atoms with Gasteiger partial charge in [-0.05, 0) is 29.8 Å². The van der Waals surface area contributed by atoms with Gasteiger partial charge in [-0.2, -0.15) is 0 Å². The van der Waals surface area contributed by atoms with Crippen LogP contribution in [0.1, 0.15) is 45.9 Å². The number of fused-ring (bicyclic) bond motifs is 2. The van der Waals surface area contributed by atoms with Crippen LogP contribution in [-0.4, -0.2) is 65.3 Å². The minimum absolute atomic E-state index is 0.00882. The van der Waals surface area contributed by atoms with Gasteiger partial charge in [-0.3, -0.25) is 0 Å². The normalized spacial score (nSPS) is 22.5. The summed E-state index contributed by atoms with van der Waals surface area (Å²) in [6.07, 6.45) is -5.33. The summed E-state index contributed by atoms with van der Waals surface area (Å²) in [5.41, 5.74) is 0.612. The minimum atomic E-state index is -1.50. The molecule has 0 aromatic heterocycles. The number of benzene rings is 4. The Hall–Kier alpha value is -5.20. The number of ether oxygens (including phenoxy) is 3. The topological polar surface area (TPSA) is 210 Å². The zero-order valence-corrected chi connectivity index (χ0v) is 22.5. The molecule has 0 unspecified atom stereocenters. The molecule has 2 aliphatic heterocycles. The van der Waals surface area contributed by atoms with Gasteiger partial charge < -0.3 is 60.2 Å². The third-order valence-electron chi connectivity index (χ3n) is 7.84. The van der Waals surface area contributed by atoms with Crippen LogP contribution in [0.25, 0.3) is 0 Å². The predicted octanol–water partition coefficient (Wildman–Crippen LogP) is 3.30. The lowest BCUT2D eigenvalue weighted by molar-refractivity contribution is 0.00119. The average Bonchev–Trinajstić information content (AvgIpc) is 2.94. The number of methoxy groups -OCH3 is 1. The van der Waals surface area contributed by atoms with Crippen molar-refractivity contribution in [1.82, 2.24) is 0 Å². The van der Waals surface area contributed by atoms with Crippen LogP contribution >= 0.6 is 0 Å². The lowest BCUT2D eigenvalue weighted by Crippen LogP contribution is -2.36. The van der Waals surface area contributed by atoms with Crippen LogP contribution in [0.15, 0.2) is 54.6 Å². The molecule has 0 fully saturated rings. The van der Waals surface area contributed by atoms with E-state index in [1.807, 2.05) is 0 Å². The van der Waals surface area contributed by atoms with Gasteiger partial charge in [0, 0.05) is 46.9 Å². The quantitative estimate of drug-likeness (QED) is 0.167. The summed E-state index contributed by atoms with van der Waals surface area (Å²) in [7, 11) is 1.26. The number of rotatable bonds is 4. The van der Waals surface area contributed by atoms with Crippen molar-refractivity contribution in [3.63, 3.8) is 0 Å². The zero-order chi connectivity index (χ0) is 30.7. The van der Waals surface area contributed by atoms with E-state index in [2.05, 4.69) is 0 Å². The number of hydrogen-bond donors (Lipinski definition) is 9. The van der Waals surface area contributed by atoms with Gasteiger partial charge in [-0.15, -0.1) is 0 Å². The Morgan fingerprint density at radius 2 is 1.30 bits per heavy atom. The molecular weight excluding hydrogens is 564 g/mol. The predicted molar refractivity (Wildman–Crippen MR) is 148 cm³/mol. The molecule has 12 heteroatoms. The molecule has 5 atom stereocenters. The summed E-state index contributed by atoms with van der Waals surface area (Å²) in [6.45, 7) is 0. The molecule has 0 saturated carbocycles. The van der Waals surface area contributed by atoms with Crippen molar-refractivity contribution in [1.29, 1.82) is 0 Å². The van der Waals surface area contributed by atoms with Crippen molar-refractivity contribution in [2.24, 2.45) is 0 Å². The molecule has 224 valence electrons. The summed E-state index contributed by atoms with van der Waals surface area (Å²) in [4.78, 5) is 0. The van der Waals surface area contributed by atoms with Crippen LogP contribution < -0.4 is 14.2 Å². The second-order valence-electron chi connectivity index (χ2n) is 10.5. The molecule has 4 aromatic rings. The summed E-state index contributed by atoms with van der Waals surface area (Å²) < 4.78 is 17.2. The molecule has 0 aliphatic carbocycles. The highest BCUT2D eigenvalue weighted by molar-refractivity contribution is 5.66. The highest BCUT2D eigenvalue weighted by Gasteiger charge is 2.46. The van der Waals surface area contributed by atoms with E-state index in [1.165, 1.54) is 49.6 Å². The van der Waals surface area contributed by atoms with Crippen molar-refractivity contribution < 1.29 is 60.2 Å². The van der Waals surface area contributed by atoms with Gasteiger partial charge >= 0.3 is 0 Å². The van der Waals surface area contributed by atoms with Gasteiger partial charge in [-0.25, -0.2) is 0 Å². The maximum Gasteiger partial charge on any atom is 0.202 e. The first kappa shape index (κ1) is 27.9. The molecule has 12 nitrogen and oxygen atoms in total. The maximum absolute atomic E-state index is 11.8. The second-order valence-corrected chi connectivity index (χ2v) is 10.5. The van der Waals surface area contributed by atoms with Crippen molar-refractivity contribution in [2.75, 3.05) is 7.11 Å². The number of hydrogen-bond acceptors (Lipinski definition) is 12. The van der Waals surface area contributed by atoms with Crippen LogP contribution in [0.4, 0.5) is 0 Å². The fourth-order valence-corrected chi connectivity index (χ4v) is 5.93. The highest BCUT2D eigenvalue weighted by atomic mass is 16.5. The van der Waals surface area contributed by atoms with E-state index in [9.17, 15) is 46.0 Å². The second kappa shape index (κ2) is 10.3. The Labute approximate surface area is 244 Å². The number of phenolic OH excluding ortho intramolecular Hbond substituents is 7. The third kappa shape index (κ3) is 4.57. The van der Waals surface area contributed by atoms with Gasteiger partial charge in [0.1, 0.15) is 46.4 Å². The van der Waals surface area contributed by atoms with Crippen LogP contribution in [0, 0.1) is 0 Å². The van der Waals surface area contributed by atoms with E-state index in [1.54, 1.807) is 0 Å². The van der Waals surface area contributed by atoms with Crippen LogP contribution in [0.2, 0.25) is 0 Å². The highest BCUT2D eigenvalue weighted by Crippen LogP contribution is 2.57. The molecule has 43 heavy (non-hydrogen) atoms. The van der Waals surface area contributed by atoms with E-state index < -0.39 is 59.1 Å². The lowest BCUT2D eigenvalue weighted by atomic mass is 9.77. The average molecular weight is 593 g/mol. The summed E-state index contributed by atoms with van der Waals surface area (Å²) >= 11 is 0. The summed E-state index contributed by atoms with van der Waals surface area (Å²) in [5, 5.41) is 96.5. The van der Waals surface area contributed by atoms with Gasteiger partial charge in [-0.1, -0.05) is 12.1 Å². The Balaban J connectivity index is 1.54. The Bertz CT molecular complexity index is 1690. The van der Waals surface area contributed by atoms with Crippen LogP contribution in [0.5, 0.6) is 57.5 Å². The first-order chi connectivity index (χ1) is 20.5. The standard InChI is InChI=1S/C31H28O12/c1-41-31-20(37)6-13(7-21(31)38)28-22(39)10-16-17(34)11-19(36)25(30(16)43-28)26-24-18(35)8-15(33)9-23(24)42-29(27(26)40)12-2-4-14(32)5-3-12/h2-9,11,22,26-29,32-40H,10H2,1H3/t22-,26-,27-,28-,29-/m1/s1. The molecule has 0 saturated heterocycles. The van der Waals surface area contributed by atoms with Crippen LogP contribution in [0.3, 0.4) is 0 Å². The van der Waals surface area contributed by atoms with Crippen molar-refractivity contribution in [2.45, 2.75) is 36.8 Å². The molecule has 0 amide bonds. The molecule has 0 radical (unpaired) electrons. The molecule has 6 rings (SSSR count). The number of aliphatic hydroxyl groups excluding tert-OH is 2. The monoisotopic (exact) mass is 592 g/mol. The van der Waals surface area contributed by atoms with Gasteiger partial charge in [0.25, 0.3) is 0 Å². The van der Waals surface area contributed by atoms with Gasteiger partial charge in [0.15, 0.2) is 23.7 Å². The first-order valence-corrected chi connectivity index (χ1v) is 13.2. The van der Waals surface area contributed by atoms with Gasteiger partial charge in [0.05, 0.1) is 19.1 Å². The number of phenols is 7. The smallest absolute Gasteiger partial charge is 0.202 e. The molecular formula is C31H28O12. The van der Waals surface area contributed by atoms with E-state index in [0.717, 1.165) is 12.1 Å². The first-order valence-electron chi connectivity index (χ1n) is 13.2. The molecule has 2 heterocycles. The number of aromatic hydroxyl groups is 7. The Morgan fingerprint density at radius 3 is 1.95 bits per heavy atom. The minimum Gasteiger partial charge on any atom is -0.508 e. The van der Waals surface area contributed by atoms with E-state index in [0.29, 0.717) is 5.56 Å². The fraction of sp³-hybridized carbons (Fsp3) is 0.226. The number of aliphatic hydroxyl groups is 2. The molecule has 2 aliphatic rings. The maximum atomic E-state index is 11.8. The zero-order valence-electron chi connectivity index (χ0n) is 22.5. The summed E-state index contributed by atoms with van der Waals surface area (Å²) in [6, 6.07) is 11.6. The largest absolute Gasteiger partial charge is 0.508 e.